The molecule has 0 aliphatic heterocycles. The topological polar surface area (TPSA) is 92.9 Å². The van der Waals surface area contributed by atoms with E-state index < -0.39 is 17.7 Å². The molecule has 0 unspecified atom stereocenters. The van der Waals surface area contributed by atoms with Gasteiger partial charge < -0.3 is 14.5 Å². The van der Waals surface area contributed by atoms with Crippen LogP contribution in [0.2, 0.25) is 15.1 Å². The Labute approximate surface area is 225 Å². The number of amides is 1. The standard InChI is InChI=1S/C26H18Cl3FN2O5/c1-2-32(37-21-10-6-16(27)13-20(21)29)26(35)23-24(18-9-3-14(11-19(18)28)12-22(33)34)31-36-25(23)15-4-7-17(30)8-5-15/h3-11,13H,2,12H2,1H3,(H,33,34). The Morgan fingerprint density at radius 3 is 2.38 bits per heavy atom. The summed E-state index contributed by atoms with van der Waals surface area (Å²) in [4.78, 5) is 30.7. The number of hydroxylamine groups is 2. The van der Waals surface area contributed by atoms with Crippen LogP contribution in [0.1, 0.15) is 22.8 Å². The third-order valence-electron chi connectivity index (χ3n) is 5.27. The van der Waals surface area contributed by atoms with Crippen molar-refractivity contribution in [2.45, 2.75) is 13.3 Å². The lowest BCUT2D eigenvalue weighted by atomic mass is 10.00. The first-order valence-electron chi connectivity index (χ1n) is 10.9. The van der Waals surface area contributed by atoms with Gasteiger partial charge in [-0.25, -0.2) is 4.39 Å². The Bertz CT molecular complexity index is 1470. The van der Waals surface area contributed by atoms with Crippen LogP contribution in [0.25, 0.3) is 22.6 Å². The number of carbonyl (C=O) groups is 2. The lowest BCUT2D eigenvalue weighted by molar-refractivity contribution is -0.136. The van der Waals surface area contributed by atoms with Crippen LogP contribution >= 0.6 is 34.8 Å². The summed E-state index contributed by atoms with van der Waals surface area (Å²) in [7, 11) is 0. The summed E-state index contributed by atoms with van der Waals surface area (Å²) in [6.07, 6.45) is -0.231. The third-order valence-corrected chi connectivity index (χ3v) is 6.12. The summed E-state index contributed by atoms with van der Waals surface area (Å²) >= 11 is 18.7. The molecule has 0 saturated carbocycles. The summed E-state index contributed by atoms with van der Waals surface area (Å²) in [5.41, 5.74) is 1.29. The lowest BCUT2D eigenvalue weighted by Gasteiger charge is -2.22. The van der Waals surface area contributed by atoms with Crippen molar-refractivity contribution in [3.8, 4) is 28.3 Å². The molecular formula is C26H18Cl3FN2O5. The predicted molar refractivity (Wildman–Crippen MR) is 137 cm³/mol. The fourth-order valence-corrected chi connectivity index (χ4v) is 4.28. The number of carboxylic acids is 1. The molecule has 0 spiro atoms. The summed E-state index contributed by atoms with van der Waals surface area (Å²) < 4.78 is 19.1. The molecule has 1 amide bonds. The third kappa shape index (κ3) is 5.88. The number of carbonyl (C=O) groups excluding carboxylic acids is 1. The zero-order valence-electron chi connectivity index (χ0n) is 19.2. The second kappa shape index (κ2) is 11.2. The number of aromatic nitrogens is 1. The van der Waals surface area contributed by atoms with Gasteiger partial charge in [-0.05, 0) is 61.0 Å². The largest absolute Gasteiger partial charge is 0.481 e. The summed E-state index contributed by atoms with van der Waals surface area (Å²) in [6.45, 7) is 1.80. The van der Waals surface area contributed by atoms with Gasteiger partial charge in [0, 0.05) is 16.1 Å². The van der Waals surface area contributed by atoms with Crippen molar-refractivity contribution in [3.05, 3.63) is 92.7 Å². The Balaban J connectivity index is 1.82. The molecule has 0 fully saturated rings. The molecule has 4 aromatic rings. The molecule has 190 valence electrons. The molecule has 7 nitrogen and oxygen atoms in total. The number of benzene rings is 3. The number of hydrogen-bond acceptors (Lipinski definition) is 5. The first-order chi connectivity index (χ1) is 17.7. The van der Waals surface area contributed by atoms with E-state index in [1.54, 1.807) is 25.1 Å². The average molecular weight is 564 g/mol. The zero-order chi connectivity index (χ0) is 26.7. The van der Waals surface area contributed by atoms with Gasteiger partial charge in [-0.15, -0.1) is 0 Å². The van der Waals surface area contributed by atoms with E-state index >= 15 is 0 Å². The molecule has 37 heavy (non-hydrogen) atoms. The first-order valence-corrected chi connectivity index (χ1v) is 12.0. The van der Waals surface area contributed by atoms with Crippen molar-refractivity contribution in [3.63, 3.8) is 0 Å². The van der Waals surface area contributed by atoms with Gasteiger partial charge in [0.25, 0.3) is 5.91 Å². The minimum atomic E-state index is -1.02. The zero-order valence-corrected chi connectivity index (χ0v) is 21.4. The van der Waals surface area contributed by atoms with Gasteiger partial charge in [-0.3, -0.25) is 9.59 Å². The van der Waals surface area contributed by atoms with Crippen molar-refractivity contribution in [1.29, 1.82) is 0 Å². The molecule has 0 aliphatic rings. The van der Waals surface area contributed by atoms with Crippen LogP contribution in [0.3, 0.4) is 0 Å². The number of carboxylic acid groups (broad SMARTS) is 1. The number of aliphatic carboxylic acids is 1. The van der Waals surface area contributed by atoms with E-state index in [0.717, 1.165) is 5.06 Å². The fraction of sp³-hybridized carbons (Fsp3) is 0.115. The molecule has 3 aromatic carbocycles. The van der Waals surface area contributed by atoms with Crippen LogP contribution in [0.5, 0.6) is 5.75 Å². The predicted octanol–water partition coefficient (Wildman–Crippen LogP) is 7.19. The van der Waals surface area contributed by atoms with Gasteiger partial charge in [0.2, 0.25) is 0 Å². The Morgan fingerprint density at radius 2 is 1.76 bits per heavy atom. The normalized spacial score (nSPS) is 10.8. The molecule has 1 N–H and O–H groups in total. The quantitative estimate of drug-likeness (QED) is 0.228. The highest BCUT2D eigenvalue weighted by atomic mass is 35.5. The van der Waals surface area contributed by atoms with Crippen LogP contribution in [-0.2, 0) is 11.2 Å². The molecule has 11 heteroatoms. The maximum Gasteiger partial charge on any atom is 0.307 e. The Kier molecular flexibility index (Phi) is 8.02. The molecule has 1 heterocycles. The Morgan fingerprint density at radius 1 is 1.03 bits per heavy atom. The summed E-state index contributed by atoms with van der Waals surface area (Å²) in [5, 5.41) is 15.0. The number of hydrogen-bond donors (Lipinski definition) is 1. The number of nitrogens with zero attached hydrogens (tertiary/aromatic N) is 2. The van der Waals surface area contributed by atoms with Crippen LogP contribution in [-0.4, -0.2) is 33.7 Å². The van der Waals surface area contributed by atoms with Crippen molar-refractivity contribution in [1.82, 2.24) is 10.2 Å². The van der Waals surface area contributed by atoms with Crippen LogP contribution in [0.4, 0.5) is 4.39 Å². The second-order valence-corrected chi connectivity index (χ2v) is 9.04. The van der Waals surface area contributed by atoms with Crippen molar-refractivity contribution in [2.24, 2.45) is 0 Å². The highest BCUT2D eigenvalue weighted by molar-refractivity contribution is 6.35. The molecule has 1 aromatic heterocycles. The lowest BCUT2D eigenvalue weighted by Crippen LogP contribution is -2.34. The summed E-state index contributed by atoms with van der Waals surface area (Å²) in [5.74, 6) is -1.86. The molecule has 0 bridgehead atoms. The van der Waals surface area contributed by atoms with Crippen molar-refractivity contribution in [2.75, 3.05) is 6.54 Å². The molecule has 0 aliphatic carbocycles. The smallest absolute Gasteiger partial charge is 0.307 e. The maximum atomic E-state index is 13.8. The second-order valence-electron chi connectivity index (χ2n) is 7.79. The minimum absolute atomic E-state index is 0.00595. The molecular weight excluding hydrogens is 546 g/mol. The number of rotatable bonds is 8. The van der Waals surface area contributed by atoms with Crippen LogP contribution in [0, 0.1) is 5.82 Å². The average Bonchev–Trinajstić information content (AvgIpc) is 3.28. The van der Waals surface area contributed by atoms with E-state index in [-0.39, 0.29) is 45.8 Å². The molecule has 0 radical (unpaired) electrons. The van der Waals surface area contributed by atoms with E-state index in [9.17, 15) is 14.0 Å². The van der Waals surface area contributed by atoms with E-state index in [1.165, 1.54) is 42.5 Å². The van der Waals surface area contributed by atoms with Gasteiger partial charge in [0.05, 0.1) is 23.0 Å². The monoisotopic (exact) mass is 562 g/mol. The summed E-state index contributed by atoms with van der Waals surface area (Å²) in [6, 6.07) is 14.5. The highest BCUT2D eigenvalue weighted by Gasteiger charge is 2.31. The minimum Gasteiger partial charge on any atom is -0.481 e. The van der Waals surface area contributed by atoms with Gasteiger partial charge in [0.1, 0.15) is 17.1 Å². The van der Waals surface area contributed by atoms with E-state index in [4.69, 9.17) is 49.3 Å². The molecule has 0 atom stereocenters. The van der Waals surface area contributed by atoms with Gasteiger partial charge in [0.15, 0.2) is 11.5 Å². The van der Waals surface area contributed by atoms with Crippen molar-refractivity contribution >= 4 is 46.7 Å². The van der Waals surface area contributed by atoms with E-state index in [0.29, 0.717) is 21.7 Å². The fourth-order valence-electron chi connectivity index (χ4n) is 3.55. The van der Waals surface area contributed by atoms with Gasteiger partial charge in [-0.1, -0.05) is 52.1 Å². The van der Waals surface area contributed by atoms with E-state index in [1.807, 2.05) is 0 Å². The van der Waals surface area contributed by atoms with Crippen LogP contribution in [0.15, 0.2) is 65.2 Å². The molecule has 0 saturated heterocycles. The number of halogens is 4. The maximum absolute atomic E-state index is 13.8. The van der Waals surface area contributed by atoms with E-state index in [2.05, 4.69) is 5.16 Å². The molecule has 4 rings (SSSR count). The van der Waals surface area contributed by atoms with Crippen molar-refractivity contribution < 1.29 is 28.4 Å². The van der Waals surface area contributed by atoms with Crippen LogP contribution < -0.4 is 4.84 Å². The highest BCUT2D eigenvalue weighted by Crippen LogP contribution is 2.37. The Hall–Kier alpha value is -3.59. The SMILES string of the molecule is CCN(Oc1ccc(Cl)cc1Cl)C(=O)c1c(-c2ccc(CC(=O)O)cc2Cl)noc1-c1ccc(F)cc1. The van der Waals surface area contributed by atoms with Gasteiger partial charge in [-0.2, -0.15) is 5.06 Å². The first kappa shape index (κ1) is 26.5. The van der Waals surface area contributed by atoms with Gasteiger partial charge >= 0.3 is 5.97 Å².